The standard InChI is InChI=1S/C6H13NO5S2/c1-13(9,10)5-14(11,12)7-6(4-8)2-3-6/h7-8H,2-5H2,1H3. The van der Waals surface area contributed by atoms with E-state index in [1.165, 1.54) is 0 Å². The minimum atomic E-state index is -3.84. The molecule has 84 valence electrons. The molecule has 0 aliphatic heterocycles. The fraction of sp³-hybridized carbons (Fsp3) is 1.00. The number of rotatable bonds is 5. The van der Waals surface area contributed by atoms with Gasteiger partial charge in [0.15, 0.2) is 14.9 Å². The van der Waals surface area contributed by atoms with Crippen molar-refractivity contribution in [1.82, 2.24) is 4.72 Å². The zero-order valence-corrected chi connectivity index (χ0v) is 9.36. The van der Waals surface area contributed by atoms with Crippen LogP contribution in [0.25, 0.3) is 0 Å². The third kappa shape index (κ3) is 3.52. The third-order valence-electron chi connectivity index (χ3n) is 1.90. The normalized spacial score (nSPS) is 20.7. The van der Waals surface area contributed by atoms with Crippen LogP contribution < -0.4 is 4.72 Å². The van der Waals surface area contributed by atoms with Crippen molar-refractivity contribution in [2.45, 2.75) is 18.4 Å². The monoisotopic (exact) mass is 243 g/mol. The van der Waals surface area contributed by atoms with Crippen LogP contribution in [0.15, 0.2) is 0 Å². The predicted octanol–water partition coefficient (Wildman–Crippen LogP) is -1.57. The minimum Gasteiger partial charge on any atom is -0.394 e. The molecular formula is C6H13NO5S2. The summed E-state index contributed by atoms with van der Waals surface area (Å²) in [6.07, 6.45) is 1.95. The molecule has 1 rings (SSSR count). The van der Waals surface area contributed by atoms with Crippen molar-refractivity contribution in [3.63, 3.8) is 0 Å². The second-order valence-electron chi connectivity index (χ2n) is 3.70. The lowest BCUT2D eigenvalue weighted by atomic mass is 10.3. The molecule has 0 spiro atoms. The first-order valence-corrected chi connectivity index (χ1v) is 7.70. The summed E-state index contributed by atoms with van der Waals surface area (Å²) in [5, 5.41) is 7.91. The number of sulfonamides is 1. The van der Waals surface area contributed by atoms with Crippen LogP contribution in [0.3, 0.4) is 0 Å². The average molecular weight is 243 g/mol. The van der Waals surface area contributed by atoms with Gasteiger partial charge in [-0.15, -0.1) is 0 Å². The summed E-state index contributed by atoms with van der Waals surface area (Å²) in [4.78, 5) is 0. The van der Waals surface area contributed by atoms with Gasteiger partial charge in [0.1, 0.15) is 0 Å². The highest BCUT2D eigenvalue weighted by atomic mass is 32.3. The molecule has 6 nitrogen and oxygen atoms in total. The van der Waals surface area contributed by atoms with Gasteiger partial charge in [0.05, 0.1) is 12.1 Å². The Balaban J connectivity index is 2.69. The summed E-state index contributed by atoms with van der Waals surface area (Å²) >= 11 is 0. The van der Waals surface area contributed by atoms with Crippen LogP contribution in [0.1, 0.15) is 12.8 Å². The van der Waals surface area contributed by atoms with Crippen LogP contribution >= 0.6 is 0 Å². The maximum Gasteiger partial charge on any atom is 0.226 e. The Morgan fingerprint density at radius 3 is 2.07 bits per heavy atom. The van der Waals surface area contributed by atoms with Gasteiger partial charge in [0.2, 0.25) is 10.0 Å². The summed E-state index contributed by atoms with van der Waals surface area (Å²) in [5.41, 5.74) is -0.802. The summed E-state index contributed by atoms with van der Waals surface area (Å²) in [5.74, 6) is 0. The van der Waals surface area contributed by atoms with Crippen LogP contribution in [0.4, 0.5) is 0 Å². The van der Waals surface area contributed by atoms with Gasteiger partial charge in [-0.25, -0.2) is 21.6 Å². The van der Waals surface area contributed by atoms with E-state index in [1.54, 1.807) is 0 Å². The first-order chi connectivity index (χ1) is 6.18. The second-order valence-corrected chi connectivity index (χ2v) is 7.93. The zero-order valence-electron chi connectivity index (χ0n) is 7.73. The van der Waals surface area contributed by atoms with E-state index in [1.807, 2.05) is 0 Å². The molecule has 1 fully saturated rings. The highest BCUT2D eigenvalue weighted by molar-refractivity contribution is 8.06. The summed E-state index contributed by atoms with van der Waals surface area (Å²) in [7, 11) is -7.41. The van der Waals surface area contributed by atoms with E-state index in [0.717, 1.165) is 6.26 Å². The van der Waals surface area contributed by atoms with Gasteiger partial charge in [0.25, 0.3) is 0 Å². The Labute approximate surface area is 83.3 Å². The predicted molar refractivity (Wildman–Crippen MR) is 50.8 cm³/mol. The summed E-state index contributed by atoms with van der Waals surface area (Å²) in [6, 6.07) is 0. The second kappa shape index (κ2) is 3.44. The van der Waals surface area contributed by atoms with Crippen molar-refractivity contribution >= 4 is 19.9 Å². The van der Waals surface area contributed by atoms with E-state index in [-0.39, 0.29) is 6.61 Å². The van der Waals surface area contributed by atoms with Crippen LogP contribution in [0.5, 0.6) is 0 Å². The number of aliphatic hydroxyl groups is 1. The lowest BCUT2D eigenvalue weighted by Crippen LogP contribution is -2.42. The molecule has 0 atom stereocenters. The molecule has 0 unspecified atom stereocenters. The Bertz CT molecular complexity index is 406. The minimum absolute atomic E-state index is 0.296. The molecule has 0 bridgehead atoms. The molecule has 0 aromatic rings. The molecule has 1 aliphatic carbocycles. The number of hydrogen-bond donors (Lipinski definition) is 2. The van der Waals surface area contributed by atoms with Gasteiger partial charge in [-0.05, 0) is 12.8 Å². The van der Waals surface area contributed by atoms with E-state index in [0.29, 0.717) is 12.8 Å². The maximum atomic E-state index is 11.3. The SMILES string of the molecule is CS(=O)(=O)CS(=O)(=O)NC1(CO)CC1. The van der Waals surface area contributed by atoms with Crippen molar-refractivity contribution in [1.29, 1.82) is 0 Å². The van der Waals surface area contributed by atoms with Crippen LogP contribution in [0, 0.1) is 0 Å². The van der Waals surface area contributed by atoms with Crippen molar-refractivity contribution in [3.8, 4) is 0 Å². The fourth-order valence-electron chi connectivity index (χ4n) is 1.08. The number of aliphatic hydroxyl groups excluding tert-OH is 1. The van der Waals surface area contributed by atoms with Crippen molar-refractivity contribution < 1.29 is 21.9 Å². The van der Waals surface area contributed by atoms with Crippen LogP contribution in [0.2, 0.25) is 0 Å². The zero-order chi connectivity index (χ0) is 11.0. The molecule has 1 aliphatic rings. The fourth-order valence-corrected chi connectivity index (χ4v) is 4.50. The molecule has 14 heavy (non-hydrogen) atoms. The third-order valence-corrected chi connectivity index (χ3v) is 5.60. The van der Waals surface area contributed by atoms with Crippen LogP contribution in [-0.2, 0) is 19.9 Å². The molecule has 0 radical (unpaired) electrons. The Hall–Kier alpha value is -0.180. The van der Waals surface area contributed by atoms with E-state index < -0.39 is 30.5 Å². The molecule has 0 aromatic heterocycles. The molecule has 0 amide bonds. The Morgan fingerprint density at radius 1 is 1.29 bits per heavy atom. The Kier molecular flexibility index (Phi) is 2.92. The molecule has 8 heteroatoms. The molecule has 1 saturated carbocycles. The molecule has 0 saturated heterocycles. The van der Waals surface area contributed by atoms with Crippen molar-refractivity contribution in [2.75, 3.05) is 17.9 Å². The highest BCUT2D eigenvalue weighted by Gasteiger charge is 2.45. The summed E-state index contributed by atoms with van der Waals surface area (Å²) < 4.78 is 46.2. The van der Waals surface area contributed by atoms with Gasteiger partial charge in [-0.3, -0.25) is 0 Å². The lowest BCUT2D eigenvalue weighted by Gasteiger charge is -2.13. The largest absolute Gasteiger partial charge is 0.394 e. The topological polar surface area (TPSA) is 101 Å². The lowest BCUT2D eigenvalue weighted by molar-refractivity contribution is 0.246. The van der Waals surface area contributed by atoms with Crippen molar-refractivity contribution in [2.24, 2.45) is 0 Å². The highest BCUT2D eigenvalue weighted by Crippen LogP contribution is 2.35. The number of hydrogen-bond acceptors (Lipinski definition) is 5. The molecule has 2 N–H and O–H groups in total. The van der Waals surface area contributed by atoms with Gasteiger partial charge in [0, 0.05) is 6.26 Å². The smallest absolute Gasteiger partial charge is 0.226 e. The first kappa shape index (κ1) is 11.9. The first-order valence-electron chi connectivity index (χ1n) is 3.98. The van der Waals surface area contributed by atoms with E-state index >= 15 is 0 Å². The maximum absolute atomic E-state index is 11.3. The molecule has 0 heterocycles. The average Bonchev–Trinajstić information content (AvgIpc) is 2.62. The Morgan fingerprint density at radius 2 is 1.79 bits per heavy atom. The number of nitrogens with one attached hydrogen (secondary N) is 1. The van der Waals surface area contributed by atoms with Gasteiger partial charge in [-0.1, -0.05) is 0 Å². The van der Waals surface area contributed by atoms with E-state index in [9.17, 15) is 16.8 Å². The quantitative estimate of drug-likeness (QED) is 0.608. The number of sulfone groups is 1. The molecule has 0 aromatic carbocycles. The van der Waals surface area contributed by atoms with Gasteiger partial charge in [-0.2, -0.15) is 0 Å². The molecular weight excluding hydrogens is 230 g/mol. The summed E-state index contributed by atoms with van der Waals surface area (Å²) in [6.45, 7) is -0.296. The van der Waals surface area contributed by atoms with Gasteiger partial charge >= 0.3 is 0 Å². The van der Waals surface area contributed by atoms with E-state index in [4.69, 9.17) is 5.11 Å². The van der Waals surface area contributed by atoms with Crippen molar-refractivity contribution in [3.05, 3.63) is 0 Å². The van der Waals surface area contributed by atoms with E-state index in [2.05, 4.69) is 4.72 Å². The van der Waals surface area contributed by atoms with Gasteiger partial charge < -0.3 is 5.11 Å². The van der Waals surface area contributed by atoms with Crippen LogP contribution in [-0.4, -0.2) is 45.4 Å².